The van der Waals surface area contributed by atoms with E-state index in [4.69, 9.17) is 4.74 Å². The summed E-state index contributed by atoms with van der Waals surface area (Å²) >= 11 is 5.74. The third-order valence-electron chi connectivity index (χ3n) is 5.78. The fraction of sp³-hybridized carbons (Fsp3) is 0.240. The van der Waals surface area contributed by atoms with Crippen molar-refractivity contribution in [1.82, 2.24) is 10.3 Å². The first-order valence-electron chi connectivity index (χ1n) is 11.0. The van der Waals surface area contributed by atoms with Gasteiger partial charge in [0.1, 0.15) is 0 Å². The molecule has 3 aromatic rings. The fourth-order valence-corrected chi connectivity index (χ4v) is 5.17. The molecule has 2 aromatic carbocycles. The van der Waals surface area contributed by atoms with Crippen molar-refractivity contribution in [3.05, 3.63) is 86.1 Å². The second kappa shape index (κ2) is 11.7. The average Bonchev–Trinajstić information content (AvgIpc) is 2.89. The van der Waals surface area contributed by atoms with Gasteiger partial charge in [-0.3, -0.25) is 14.6 Å². The molecule has 0 saturated heterocycles. The third-order valence-corrected chi connectivity index (χ3v) is 7.20. The van der Waals surface area contributed by atoms with Crippen LogP contribution in [0, 0.1) is 0 Å². The maximum absolute atomic E-state index is 14.5. The van der Waals surface area contributed by atoms with E-state index in [0.717, 1.165) is 0 Å². The van der Waals surface area contributed by atoms with E-state index in [0.29, 0.717) is 17.7 Å². The summed E-state index contributed by atoms with van der Waals surface area (Å²) in [5.74, 6) is -1.14. The topological polar surface area (TPSA) is 71.5 Å². The Balaban J connectivity index is 1.89. The van der Waals surface area contributed by atoms with Crippen LogP contribution < -0.4 is 15.0 Å². The van der Waals surface area contributed by atoms with Crippen LogP contribution in [0.4, 0.5) is 36.4 Å². The lowest BCUT2D eigenvalue weighted by Gasteiger charge is -2.31. The zero-order valence-corrected chi connectivity index (χ0v) is 23.6. The highest BCUT2D eigenvalue weighted by Gasteiger charge is 2.73. The van der Waals surface area contributed by atoms with Crippen molar-refractivity contribution in [2.75, 3.05) is 19.1 Å². The average molecular weight is 701 g/mol. The van der Waals surface area contributed by atoms with E-state index in [1.165, 1.54) is 61.8 Å². The fourth-order valence-electron chi connectivity index (χ4n) is 3.70. The number of aromatic nitrogens is 1. The molecule has 0 aliphatic heterocycles. The van der Waals surface area contributed by atoms with Gasteiger partial charge in [0, 0.05) is 46.1 Å². The second-order valence-electron chi connectivity index (χ2n) is 8.21. The molecular weight excluding hydrogens is 683 g/mol. The van der Waals surface area contributed by atoms with Crippen molar-refractivity contribution >= 4 is 49.4 Å². The zero-order valence-electron chi connectivity index (χ0n) is 20.4. The molecule has 1 aromatic heterocycles. The number of para-hydroxylation sites is 1. The van der Waals surface area contributed by atoms with Gasteiger partial charge in [0.2, 0.25) is 0 Å². The van der Waals surface area contributed by atoms with Gasteiger partial charge in [-0.1, -0.05) is 37.9 Å². The van der Waals surface area contributed by atoms with E-state index in [1.807, 2.05) is 0 Å². The van der Waals surface area contributed by atoms with E-state index >= 15 is 0 Å². The Morgan fingerprint density at radius 2 is 1.50 bits per heavy atom. The molecule has 0 atom stereocenters. The summed E-state index contributed by atoms with van der Waals surface area (Å²) in [6.07, 6.45) is -9.70. The largest absolute Gasteiger partial charge is 0.494 e. The number of anilines is 1. The maximum Gasteiger partial charge on any atom is 0.435 e. The van der Waals surface area contributed by atoms with Gasteiger partial charge in [0.05, 0.1) is 18.4 Å². The predicted octanol–water partition coefficient (Wildman–Crippen LogP) is 7.11. The Kier molecular flexibility index (Phi) is 9.19. The zero-order chi connectivity index (χ0) is 30.0. The standard InChI is InChI=1S/C25H18Br2F7N3O3/c1-37(22(39)13-6-8-35-9-7-13)19-5-3-4-15(20(19)40-2)21(38)36-12-16-17(26)10-14(11-18(16)27)23(28,24(29,30)31)25(32,33)34/h3-11H,12H2,1-2H3,(H,36,38). The molecule has 0 spiro atoms. The highest BCUT2D eigenvalue weighted by molar-refractivity contribution is 9.11. The summed E-state index contributed by atoms with van der Waals surface area (Å²) < 4.78 is 98.3. The quantitative estimate of drug-likeness (QED) is 0.267. The first-order valence-corrected chi connectivity index (χ1v) is 12.6. The van der Waals surface area contributed by atoms with Crippen LogP contribution in [0.25, 0.3) is 0 Å². The van der Waals surface area contributed by atoms with Crippen LogP contribution in [0.1, 0.15) is 31.8 Å². The number of halogens is 9. The van der Waals surface area contributed by atoms with Gasteiger partial charge in [-0.15, -0.1) is 0 Å². The van der Waals surface area contributed by atoms with E-state index < -0.39 is 41.9 Å². The molecule has 15 heteroatoms. The lowest BCUT2D eigenvalue weighted by atomic mass is 9.93. The van der Waals surface area contributed by atoms with Gasteiger partial charge in [-0.05, 0) is 42.0 Å². The maximum atomic E-state index is 14.5. The number of alkyl halides is 7. The lowest BCUT2D eigenvalue weighted by molar-refractivity contribution is -0.348. The first-order chi connectivity index (χ1) is 18.5. The highest BCUT2D eigenvalue weighted by Crippen LogP contribution is 2.54. The SMILES string of the molecule is COc1c(C(=O)NCc2c(Br)cc(C(F)(C(F)(F)F)C(F)(F)F)cc2Br)cccc1N(C)C(=O)c1ccncc1. The van der Waals surface area contributed by atoms with Crippen molar-refractivity contribution in [3.8, 4) is 5.75 Å². The number of carbonyl (C=O) groups excluding carboxylic acids is 2. The summed E-state index contributed by atoms with van der Waals surface area (Å²) in [5.41, 5.74) is -6.75. The van der Waals surface area contributed by atoms with Gasteiger partial charge in [-0.2, -0.15) is 26.3 Å². The number of pyridine rings is 1. The molecule has 0 bridgehead atoms. The Bertz CT molecular complexity index is 1380. The third kappa shape index (κ3) is 5.94. The number of amides is 2. The smallest absolute Gasteiger partial charge is 0.435 e. The number of hydrogen-bond donors (Lipinski definition) is 1. The summed E-state index contributed by atoms with van der Waals surface area (Å²) in [5, 5.41) is 2.49. The number of nitrogens with zero attached hydrogens (tertiary/aromatic N) is 2. The van der Waals surface area contributed by atoms with Crippen molar-refractivity contribution < 1.29 is 45.1 Å². The molecule has 1 heterocycles. The number of hydrogen-bond acceptors (Lipinski definition) is 4. The molecule has 0 aliphatic rings. The summed E-state index contributed by atoms with van der Waals surface area (Å²) in [6, 6.07) is 8.12. The van der Waals surface area contributed by atoms with E-state index in [9.17, 15) is 40.3 Å². The van der Waals surface area contributed by atoms with Gasteiger partial charge in [0.15, 0.2) is 5.75 Å². The van der Waals surface area contributed by atoms with E-state index in [1.54, 1.807) is 0 Å². The Morgan fingerprint density at radius 3 is 2.00 bits per heavy atom. The monoisotopic (exact) mass is 699 g/mol. The Labute approximate surface area is 239 Å². The second-order valence-corrected chi connectivity index (χ2v) is 9.92. The van der Waals surface area contributed by atoms with Gasteiger partial charge >= 0.3 is 18.0 Å². The van der Waals surface area contributed by atoms with Crippen LogP contribution in [0.3, 0.4) is 0 Å². The molecule has 2 amide bonds. The normalized spacial score (nSPS) is 12.2. The van der Waals surface area contributed by atoms with Crippen LogP contribution in [0.2, 0.25) is 0 Å². The summed E-state index contributed by atoms with van der Waals surface area (Å²) in [7, 11) is 2.74. The number of rotatable bonds is 7. The minimum Gasteiger partial charge on any atom is -0.494 e. The van der Waals surface area contributed by atoms with Crippen LogP contribution in [0.15, 0.2) is 63.8 Å². The van der Waals surface area contributed by atoms with Crippen molar-refractivity contribution in [2.45, 2.75) is 24.6 Å². The van der Waals surface area contributed by atoms with Crippen LogP contribution >= 0.6 is 31.9 Å². The molecular formula is C25H18Br2F7N3O3. The van der Waals surface area contributed by atoms with Gasteiger partial charge < -0.3 is 15.0 Å². The summed E-state index contributed by atoms with van der Waals surface area (Å²) in [4.78, 5) is 31.0. The molecule has 0 aliphatic carbocycles. The molecule has 1 N–H and O–H groups in total. The minimum atomic E-state index is -6.28. The molecule has 0 saturated carbocycles. The van der Waals surface area contributed by atoms with E-state index in [2.05, 4.69) is 42.2 Å². The number of benzene rings is 2. The number of carbonyl (C=O) groups is 2. The molecule has 0 unspecified atom stereocenters. The van der Waals surface area contributed by atoms with Crippen LogP contribution in [-0.2, 0) is 12.2 Å². The summed E-state index contributed by atoms with van der Waals surface area (Å²) in [6.45, 7) is -0.392. The van der Waals surface area contributed by atoms with Gasteiger partial charge in [0.25, 0.3) is 11.8 Å². The van der Waals surface area contributed by atoms with Crippen molar-refractivity contribution in [2.24, 2.45) is 0 Å². The first kappa shape index (κ1) is 31.3. The number of nitrogens with one attached hydrogen (secondary N) is 1. The molecule has 6 nitrogen and oxygen atoms in total. The predicted molar refractivity (Wildman–Crippen MR) is 138 cm³/mol. The molecule has 0 fully saturated rings. The Morgan fingerprint density at radius 1 is 0.950 bits per heavy atom. The van der Waals surface area contributed by atoms with Crippen molar-refractivity contribution in [3.63, 3.8) is 0 Å². The number of ether oxygens (including phenoxy) is 1. The lowest BCUT2D eigenvalue weighted by Crippen LogP contribution is -2.50. The van der Waals surface area contributed by atoms with Crippen LogP contribution in [-0.4, -0.2) is 43.3 Å². The highest BCUT2D eigenvalue weighted by atomic mass is 79.9. The molecule has 214 valence electrons. The van der Waals surface area contributed by atoms with E-state index in [-0.39, 0.29) is 31.5 Å². The van der Waals surface area contributed by atoms with Crippen molar-refractivity contribution in [1.29, 1.82) is 0 Å². The van der Waals surface area contributed by atoms with Gasteiger partial charge in [-0.25, -0.2) is 4.39 Å². The molecule has 40 heavy (non-hydrogen) atoms. The Hall–Kier alpha value is -3.20. The number of methoxy groups -OCH3 is 1. The molecule has 3 rings (SSSR count). The molecule has 0 radical (unpaired) electrons. The minimum absolute atomic E-state index is 0.0184. The van der Waals surface area contributed by atoms with Crippen LogP contribution in [0.5, 0.6) is 5.75 Å².